The topological polar surface area (TPSA) is 70.3 Å². The van der Waals surface area contributed by atoms with Gasteiger partial charge in [-0.05, 0) is 30.8 Å². The summed E-state index contributed by atoms with van der Waals surface area (Å²) >= 11 is 0. The number of nitrogens with zero attached hydrogens (tertiary/aromatic N) is 2. The Morgan fingerprint density at radius 3 is 2.17 bits per heavy atom. The van der Waals surface area contributed by atoms with Crippen molar-refractivity contribution in [1.82, 2.24) is 9.97 Å². The van der Waals surface area contributed by atoms with E-state index in [0.29, 0.717) is 24.5 Å². The third kappa shape index (κ3) is 3.18. The summed E-state index contributed by atoms with van der Waals surface area (Å²) in [5.41, 5.74) is 5.43. The maximum atomic E-state index is 5.60. The van der Waals surface area contributed by atoms with E-state index in [2.05, 4.69) is 9.97 Å². The summed E-state index contributed by atoms with van der Waals surface area (Å²) < 4.78 is 10.7. The molecule has 1 aromatic carbocycles. The molecular formula is C13H15N3O2. The fourth-order valence-corrected chi connectivity index (χ4v) is 1.43. The molecule has 0 radical (unpaired) electrons. The van der Waals surface area contributed by atoms with Crippen LogP contribution in [-0.4, -0.2) is 23.6 Å². The van der Waals surface area contributed by atoms with Crippen LogP contribution in [0.4, 0.5) is 0 Å². The number of nitrogens with two attached hydrogens (primary N) is 1. The van der Waals surface area contributed by atoms with Gasteiger partial charge in [0, 0.05) is 6.42 Å². The van der Waals surface area contributed by atoms with Crippen molar-refractivity contribution < 1.29 is 9.47 Å². The number of ether oxygens (including phenoxy) is 2. The van der Waals surface area contributed by atoms with Crippen molar-refractivity contribution in [3.05, 3.63) is 42.5 Å². The minimum atomic E-state index is 0.540. The summed E-state index contributed by atoms with van der Waals surface area (Å²) in [6.45, 7) is 0.540. The van der Waals surface area contributed by atoms with Gasteiger partial charge in [-0.25, -0.2) is 9.97 Å². The van der Waals surface area contributed by atoms with Crippen LogP contribution in [0.15, 0.2) is 36.7 Å². The van der Waals surface area contributed by atoms with Gasteiger partial charge in [-0.15, -0.1) is 0 Å². The minimum absolute atomic E-state index is 0.540. The lowest BCUT2D eigenvalue weighted by Crippen LogP contribution is -2.06. The lowest BCUT2D eigenvalue weighted by molar-refractivity contribution is 0.412. The number of methoxy groups -OCH3 is 1. The molecular weight excluding hydrogens is 230 g/mol. The summed E-state index contributed by atoms with van der Waals surface area (Å²) in [5.74, 6) is 2.82. The summed E-state index contributed by atoms with van der Waals surface area (Å²) in [5, 5.41) is 0. The van der Waals surface area contributed by atoms with E-state index in [1.165, 1.54) is 0 Å². The fraction of sp³-hybridized carbons (Fsp3) is 0.231. The van der Waals surface area contributed by atoms with Gasteiger partial charge in [-0.1, -0.05) is 0 Å². The lowest BCUT2D eigenvalue weighted by Gasteiger charge is -2.06. The van der Waals surface area contributed by atoms with Gasteiger partial charge >= 0.3 is 0 Å². The summed E-state index contributed by atoms with van der Waals surface area (Å²) in [6, 6.07) is 7.32. The second-order valence-corrected chi connectivity index (χ2v) is 3.65. The zero-order chi connectivity index (χ0) is 12.8. The van der Waals surface area contributed by atoms with Crippen LogP contribution < -0.4 is 15.2 Å². The number of benzene rings is 1. The Hall–Kier alpha value is -2.14. The van der Waals surface area contributed by atoms with E-state index in [0.717, 1.165) is 11.6 Å². The standard InChI is InChI=1S/C13H15N3O2/c1-17-10-2-4-11(5-3-10)18-12-8-15-13(6-7-14)16-9-12/h2-5,8-9H,6-7,14H2,1H3. The molecule has 2 rings (SSSR count). The van der Waals surface area contributed by atoms with Crippen LogP contribution in [0, 0.1) is 0 Å². The molecule has 0 bridgehead atoms. The van der Waals surface area contributed by atoms with Gasteiger partial charge in [0.15, 0.2) is 5.75 Å². The van der Waals surface area contributed by atoms with Crippen LogP contribution >= 0.6 is 0 Å². The molecule has 2 N–H and O–H groups in total. The molecule has 2 aromatic rings. The van der Waals surface area contributed by atoms with Crippen LogP contribution in [0.3, 0.4) is 0 Å². The van der Waals surface area contributed by atoms with Gasteiger partial charge in [0.05, 0.1) is 19.5 Å². The highest BCUT2D eigenvalue weighted by Gasteiger charge is 2.00. The van der Waals surface area contributed by atoms with E-state index in [-0.39, 0.29) is 0 Å². The van der Waals surface area contributed by atoms with E-state index in [4.69, 9.17) is 15.2 Å². The van der Waals surface area contributed by atoms with E-state index >= 15 is 0 Å². The van der Waals surface area contributed by atoms with Crippen LogP contribution in [0.25, 0.3) is 0 Å². The maximum Gasteiger partial charge on any atom is 0.164 e. The normalized spacial score (nSPS) is 10.1. The van der Waals surface area contributed by atoms with Crippen LogP contribution in [0.1, 0.15) is 5.82 Å². The number of rotatable bonds is 5. The third-order valence-electron chi connectivity index (χ3n) is 2.34. The molecule has 0 fully saturated rings. The Bertz CT molecular complexity index is 483. The molecule has 0 amide bonds. The molecule has 94 valence electrons. The van der Waals surface area contributed by atoms with E-state index in [1.54, 1.807) is 19.5 Å². The predicted octanol–water partition coefficient (Wildman–Crippen LogP) is 1.78. The van der Waals surface area contributed by atoms with Crippen molar-refractivity contribution in [3.63, 3.8) is 0 Å². The Morgan fingerprint density at radius 1 is 1.00 bits per heavy atom. The van der Waals surface area contributed by atoms with Crippen molar-refractivity contribution in [3.8, 4) is 17.2 Å². The monoisotopic (exact) mass is 245 g/mol. The van der Waals surface area contributed by atoms with Gasteiger partial charge in [0.2, 0.25) is 0 Å². The summed E-state index contributed by atoms with van der Waals surface area (Å²) in [6.07, 6.45) is 3.95. The number of aromatic nitrogens is 2. The number of hydrogen-bond donors (Lipinski definition) is 1. The highest BCUT2D eigenvalue weighted by atomic mass is 16.5. The second-order valence-electron chi connectivity index (χ2n) is 3.65. The van der Waals surface area contributed by atoms with Crippen molar-refractivity contribution in [2.75, 3.05) is 13.7 Å². The molecule has 0 saturated heterocycles. The summed E-state index contributed by atoms with van der Waals surface area (Å²) in [4.78, 5) is 8.32. The van der Waals surface area contributed by atoms with Gasteiger partial charge in [-0.3, -0.25) is 0 Å². The first-order valence-corrected chi connectivity index (χ1v) is 5.64. The van der Waals surface area contributed by atoms with Crippen LogP contribution in [0.2, 0.25) is 0 Å². The molecule has 1 heterocycles. The Labute approximate surface area is 106 Å². The van der Waals surface area contributed by atoms with Crippen LogP contribution in [-0.2, 0) is 6.42 Å². The zero-order valence-electron chi connectivity index (χ0n) is 10.2. The molecule has 0 aliphatic heterocycles. The second kappa shape index (κ2) is 5.97. The predicted molar refractivity (Wildman–Crippen MR) is 67.9 cm³/mol. The first kappa shape index (κ1) is 12.3. The summed E-state index contributed by atoms with van der Waals surface area (Å²) in [7, 11) is 1.62. The van der Waals surface area contributed by atoms with E-state index < -0.39 is 0 Å². The molecule has 18 heavy (non-hydrogen) atoms. The van der Waals surface area contributed by atoms with E-state index in [1.807, 2.05) is 24.3 Å². The molecule has 5 nitrogen and oxygen atoms in total. The third-order valence-corrected chi connectivity index (χ3v) is 2.34. The average molecular weight is 245 g/mol. The Morgan fingerprint density at radius 2 is 1.61 bits per heavy atom. The van der Waals surface area contributed by atoms with E-state index in [9.17, 15) is 0 Å². The first-order chi connectivity index (χ1) is 8.81. The number of hydrogen-bond acceptors (Lipinski definition) is 5. The first-order valence-electron chi connectivity index (χ1n) is 5.64. The van der Waals surface area contributed by atoms with Gasteiger partial charge < -0.3 is 15.2 Å². The molecule has 5 heteroatoms. The van der Waals surface area contributed by atoms with Crippen molar-refractivity contribution in [1.29, 1.82) is 0 Å². The highest BCUT2D eigenvalue weighted by molar-refractivity contribution is 5.33. The minimum Gasteiger partial charge on any atom is -0.497 e. The Balaban J connectivity index is 2.03. The van der Waals surface area contributed by atoms with Crippen molar-refractivity contribution >= 4 is 0 Å². The highest BCUT2D eigenvalue weighted by Crippen LogP contribution is 2.22. The molecule has 0 saturated carbocycles. The molecule has 0 spiro atoms. The maximum absolute atomic E-state index is 5.60. The molecule has 0 unspecified atom stereocenters. The van der Waals surface area contributed by atoms with Crippen LogP contribution in [0.5, 0.6) is 17.2 Å². The SMILES string of the molecule is COc1ccc(Oc2cnc(CCN)nc2)cc1. The smallest absolute Gasteiger partial charge is 0.164 e. The average Bonchev–Trinajstić information content (AvgIpc) is 2.42. The van der Waals surface area contributed by atoms with Crippen molar-refractivity contribution in [2.45, 2.75) is 6.42 Å². The van der Waals surface area contributed by atoms with Gasteiger partial charge in [0.25, 0.3) is 0 Å². The molecule has 1 aromatic heterocycles. The van der Waals surface area contributed by atoms with Gasteiger partial charge in [-0.2, -0.15) is 0 Å². The Kier molecular flexibility index (Phi) is 4.09. The zero-order valence-corrected chi connectivity index (χ0v) is 10.2. The quantitative estimate of drug-likeness (QED) is 0.869. The van der Waals surface area contributed by atoms with Crippen molar-refractivity contribution in [2.24, 2.45) is 5.73 Å². The molecule has 0 aliphatic carbocycles. The van der Waals surface area contributed by atoms with Gasteiger partial charge in [0.1, 0.15) is 17.3 Å². The fourth-order valence-electron chi connectivity index (χ4n) is 1.43. The largest absolute Gasteiger partial charge is 0.497 e. The lowest BCUT2D eigenvalue weighted by atomic mass is 10.3. The molecule has 0 atom stereocenters. The molecule has 0 aliphatic rings.